The van der Waals surface area contributed by atoms with Gasteiger partial charge in [-0.1, -0.05) is 18.2 Å². The van der Waals surface area contributed by atoms with Crippen LogP contribution in [0.3, 0.4) is 0 Å². The zero-order valence-electron chi connectivity index (χ0n) is 11.6. The molecule has 0 saturated heterocycles. The van der Waals surface area contributed by atoms with Crippen molar-refractivity contribution in [1.29, 1.82) is 0 Å². The zero-order valence-corrected chi connectivity index (χ0v) is 11.6. The lowest BCUT2D eigenvalue weighted by molar-refractivity contribution is 0.627. The predicted molar refractivity (Wildman–Crippen MR) is 79.4 cm³/mol. The molecule has 0 saturated carbocycles. The maximum absolute atomic E-state index is 13.3. The van der Waals surface area contributed by atoms with Crippen molar-refractivity contribution in [2.75, 3.05) is 0 Å². The van der Waals surface area contributed by atoms with Gasteiger partial charge in [-0.2, -0.15) is 0 Å². The van der Waals surface area contributed by atoms with E-state index in [4.69, 9.17) is 5.73 Å². The summed E-state index contributed by atoms with van der Waals surface area (Å²) < 4.78 is 15.2. The second-order valence-corrected chi connectivity index (χ2v) is 4.77. The maximum Gasteiger partial charge on any atom is 0.168 e. The number of aryl methyl sites for hydroxylation is 1. The molecule has 3 rings (SSSR count). The number of benzene rings is 2. The van der Waals surface area contributed by atoms with E-state index < -0.39 is 0 Å². The molecule has 5 heteroatoms. The highest BCUT2D eigenvalue weighted by Crippen LogP contribution is 2.26. The van der Waals surface area contributed by atoms with E-state index in [1.54, 1.807) is 6.07 Å². The lowest BCUT2D eigenvalue weighted by atomic mass is 10.1. The molecule has 2 aromatic carbocycles. The van der Waals surface area contributed by atoms with Gasteiger partial charge in [0, 0.05) is 11.3 Å². The number of rotatable bonds is 3. The number of nitrogens with zero attached hydrogens (tertiary/aromatic N) is 3. The second kappa shape index (κ2) is 5.46. The molecule has 0 aliphatic heterocycles. The number of nitrogens with two attached hydrogens (primary N) is 1. The van der Waals surface area contributed by atoms with Crippen LogP contribution in [0.4, 0.5) is 4.39 Å². The predicted octanol–water partition coefficient (Wildman–Crippen LogP) is 2.84. The van der Waals surface area contributed by atoms with Crippen LogP contribution < -0.4 is 5.73 Å². The first-order valence-electron chi connectivity index (χ1n) is 6.67. The fourth-order valence-corrected chi connectivity index (χ4v) is 2.35. The third kappa shape index (κ3) is 2.43. The molecular formula is C16H15FN4. The van der Waals surface area contributed by atoms with Crippen LogP contribution in [0.5, 0.6) is 0 Å². The topological polar surface area (TPSA) is 56.7 Å². The Morgan fingerprint density at radius 2 is 1.86 bits per heavy atom. The number of hydrogen-bond acceptors (Lipinski definition) is 3. The SMILES string of the molecule is Cc1cc(F)ccc1-c1nnc(CN)n1-c1ccccc1. The Hall–Kier alpha value is -2.53. The van der Waals surface area contributed by atoms with E-state index in [0.29, 0.717) is 11.6 Å². The van der Waals surface area contributed by atoms with E-state index in [-0.39, 0.29) is 12.4 Å². The first-order valence-corrected chi connectivity index (χ1v) is 6.67. The lowest BCUT2D eigenvalue weighted by Crippen LogP contribution is -2.08. The third-order valence-electron chi connectivity index (χ3n) is 3.36. The Kier molecular flexibility index (Phi) is 3.50. The van der Waals surface area contributed by atoms with Crippen molar-refractivity contribution in [2.24, 2.45) is 5.73 Å². The van der Waals surface area contributed by atoms with Gasteiger partial charge >= 0.3 is 0 Å². The summed E-state index contributed by atoms with van der Waals surface area (Å²) in [6.07, 6.45) is 0. The minimum Gasteiger partial charge on any atom is -0.324 e. The summed E-state index contributed by atoms with van der Waals surface area (Å²) in [5, 5.41) is 8.38. The maximum atomic E-state index is 13.3. The molecule has 106 valence electrons. The van der Waals surface area contributed by atoms with Crippen molar-refractivity contribution in [3.8, 4) is 17.1 Å². The average molecular weight is 282 g/mol. The molecule has 0 aliphatic rings. The van der Waals surface area contributed by atoms with Crippen molar-refractivity contribution in [1.82, 2.24) is 14.8 Å². The molecule has 0 amide bonds. The van der Waals surface area contributed by atoms with Gasteiger partial charge in [0.25, 0.3) is 0 Å². The highest BCUT2D eigenvalue weighted by molar-refractivity contribution is 5.62. The van der Waals surface area contributed by atoms with Gasteiger partial charge in [0.15, 0.2) is 11.6 Å². The minimum absolute atomic E-state index is 0.263. The highest BCUT2D eigenvalue weighted by Gasteiger charge is 2.16. The Morgan fingerprint density at radius 1 is 1.10 bits per heavy atom. The molecule has 1 aromatic heterocycles. The molecule has 21 heavy (non-hydrogen) atoms. The van der Waals surface area contributed by atoms with Crippen LogP contribution in [0.25, 0.3) is 17.1 Å². The molecule has 2 N–H and O–H groups in total. The van der Waals surface area contributed by atoms with E-state index in [1.807, 2.05) is 41.8 Å². The van der Waals surface area contributed by atoms with Crippen LogP contribution in [-0.4, -0.2) is 14.8 Å². The number of aromatic nitrogens is 3. The van der Waals surface area contributed by atoms with E-state index in [2.05, 4.69) is 10.2 Å². The molecule has 0 bridgehead atoms. The van der Waals surface area contributed by atoms with Crippen LogP contribution in [0.1, 0.15) is 11.4 Å². The van der Waals surface area contributed by atoms with Crippen LogP contribution in [-0.2, 0) is 6.54 Å². The normalized spacial score (nSPS) is 10.8. The number of halogens is 1. The quantitative estimate of drug-likeness (QED) is 0.803. The first-order chi connectivity index (χ1) is 10.2. The molecular weight excluding hydrogens is 267 g/mol. The standard InChI is InChI=1S/C16H15FN4/c1-11-9-12(17)7-8-14(11)16-20-19-15(10-18)21(16)13-5-3-2-4-6-13/h2-9H,10,18H2,1H3. The molecule has 0 radical (unpaired) electrons. The molecule has 0 fully saturated rings. The van der Waals surface area contributed by atoms with E-state index in [1.165, 1.54) is 12.1 Å². The van der Waals surface area contributed by atoms with Crippen LogP contribution in [0.15, 0.2) is 48.5 Å². The van der Waals surface area contributed by atoms with E-state index >= 15 is 0 Å². The van der Waals surface area contributed by atoms with Gasteiger partial charge in [-0.3, -0.25) is 4.57 Å². The molecule has 1 heterocycles. The molecule has 4 nitrogen and oxygen atoms in total. The van der Waals surface area contributed by atoms with E-state index in [9.17, 15) is 4.39 Å². The van der Waals surface area contributed by atoms with E-state index in [0.717, 1.165) is 16.8 Å². The van der Waals surface area contributed by atoms with Crippen LogP contribution in [0.2, 0.25) is 0 Å². The van der Waals surface area contributed by atoms with Gasteiger partial charge in [-0.05, 0) is 42.8 Å². The summed E-state index contributed by atoms with van der Waals surface area (Å²) in [5.41, 5.74) is 8.34. The zero-order chi connectivity index (χ0) is 14.8. The van der Waals surface area contributed by atoms with Crippen LogP contribution in [0, 0.1) is 12.7 Å². The Morgan fingerprint density at radius 3 is 2.52 bits per heavy atom. The Balaban J connectivity index is 2.22. The van der Waals surface area contributed by atoms with Crippen molar-refractivity contribution in [3.63, 3.8) is 0 Å². The largest absolute Gasteiger partial charge is 0.324 e. The summed E-state index contributed by atoms with van der Waals surface area (Å²) in [5.74, 6) is 1.07. The molecule has 3 aromatic rings. The second-order valence-electron chi connectivity index (χ2n) is 4.77. The van der Waals surface area contributed by atoms with Crippen molar-refractivity contribution < 1.29 is 4.39 Å². The van der Waals surface area contributed by atoms with Crippen molar-refractivity contribution in [2.45, 2.75) is 13.5 Å². The monoisotopic (exact) mass is 282 g/mol. The van der Waals surface area contributed by atoms with Gasteiger partial charge in [-0.15, -0.1) is 10.2 Å². The number of hydrogen-bond donors (Lipinski definition) is 1. The fraction of sp³-hybridized carbons (Fsp3) is 0.125. The van der Waals surface area contributed by atoms with Crippen molar-refractivity contribution in [3.05, 3.63) is 65.7 Å². The van der Waals surface area contributed by atoms with Gasteiger partial charge < -0.3 is 5.73 Å². The average Bonchev–Trinajstić information content (AvgIpc) is 2.92. The Bertz CT molecular complexity index is 765. The summed E-state index contributed by atoms with van der Waals surface area (Å²) in [7, 11) is 0. The third-order valence-corrected chi connectivity index (χ3v) is 3.36. The summed E-state index contributed by atoms with van der Waals surface area (Å²) in [6.45, 7) is 2.13. The Labute approximate surface area is 122 Å². The van der Waals surface area contributed by atoms with Crippen LogP contribution >= 0.6 is 0 Å². The molecule has 0 aliphatic carbocycles. The molecule has 0 unspecified atom stereocenters. The lowest BCUT2D eigenvalue weighted by Gasteiger charge is -2.11. The van der Waals surface area contributed by atoms with Gasteiger partial charge in [0.1, 0.15) is 5.82 Å². The molecule has 0 spiro atoms. The highest BCUT2D eigenvalue weighted by atomic mass is 19.1. The first kappa shape index (κ1) is 13.5. The summed E-state index contributed by atoms with van der Waals surface area (Å²) >= 11 is 0. The van der Waals surface area contributed by atoms with Gasteiger partial charge in [-0.25, -0.2) is 4.39 Å². The summed E-state index contributed by atoms with van der Waals surface area (Å²) in [6, 6.07) is 14.4. The summed E-state index contributed by atoms with van der Waals surface area (Å²) in [4.78, 5) is 0. The fourth-order valence-electron chi connectivity index (χ4n) is 2.35. The smallest absolute Gasteiger partial charge is 0.168 e. The molecule has 0 atom stereocenters. The van der Waals surface area contributed by atoms with Gasteiger partial charge in [0.2, 0.25) is 0 Å². The van der Waals surface area contributed by atoms with Crippen molar-refractivity contribution >= 4 is 0 Å². The number of para-hydroxylation sites is 1. The minimum atomic E-state index is -0.263. The van der Waals surface area contributed by atoms with Gasteiger partial charge in [0.05, 0.1) is 6.54 Å².